The molecule has 1 atom stereocenters. The van der Waals surface area contributed by atoms with Crippen LogP contribution in [0.1, 0.15) is 54.5 Å². The van der Waals surface area contributed by atoms with Crippen molar-refractivity contribution in [2.45, 2.75) is 39.0 Å². The van der Waals surface area contributed by atoms with Crippen molar-refractivity contribution in [2.24, 2.45) is 0 Å². The third-order valence-electron chi connectivity index (χ3n) is 5.13. The highest BCUT2D eigenvalue weighted by molar-refractivity contribution is 5.50. The molecular weight excluding hydrogens is 288 g/mol. The van der Waals surface area contributed by atoms with Gasteiger partial charge >= 0.3 is 0 Å². The van der Waals surface area contributed by atoms with Gasteiger partial charge in [0.25, 0.3) is 0 Å². The minimum atomic E-state index is -0.148. The lowest BCUT2D eigenvalue weighted by Crippen LogP contribution is -2.25. The van der Waals surface area contributed by atoms with E-state index in [-0.39, 0.29) is 5.41 Å². The van der Waals surface area contributed by atoms with Crippen LogP contribution in [0.3, 0.4) is 0 Å². The van der Waals surface area contributed by atoms with Gasteiger partial charge in [-0.25, -0.2) is 0 Å². The van der Waals surface area contributed by atoms with E-state index in [4.69, 9.17) is 0 Å². The van der Waals surface area contributed by atoms with Crippen LogP contribution in [0.5, 0.6) is 0 Å². The van der Waals surface area contributed by atoms with Crippen molar-refractivity contribution in [2.75, 3.05) is 0 Å². The highest BCUT2D eigenvalue weighted by Crippen LogP contribution is 2.39. The molecule has 0 saturated carbocycles. The Morgan fingerprint density at radius 3 is 1.58 bits per heavy atom. The molecule has 0 aliphatic heterocycles. The molecule has 0 N–H and O–H groups in total. The molecule has 122 valence electrons. The van der Waals surface area contributed by atoms with Crippen LogP contribution in [0.15, 0.2) is 78.9 Å². The molecule has 0 aliphatic carbocycles. The number of hydrogen-bond acceptors (Lipinski definition) is 0. The second-order valence-electron chi connectivity index (χ2n) is 7.13. The first-order valence-corrected chi connectivity index (χ1v) is 8.75. The van der Waals surface area contributed by atoms with Crippen molar-refractivity contribution in [3.63, 3.8) is 0 Å². The van der Waals surface area contributed by atoms with Gasteiger partial charge in [0.15, 0.2) is 0 Å². The largest absolute Gasteiger partial charge is 0.0622 e. The number of aryl methyl sites for hydroxylation is 1. The number of hydrogen-bond donors (Lipinski definition) is 0. The van der Waals surface area contributed by atoms with Crippen molar-refractivity contribution in [3.05, 3.63) is 107 Å². The molecule has 0 saturated heterocycles. The molecule has 0 bridgehead atoms. The molecule has 0 spiro atoms. The van der Waals surface area contributed by atoms with Gasteiger partial charge in [0, 0.05) is 5.41 Å². The average Bonchev–Trinajstić information content (AvgIpc) is 2.62. The summed E-state index contributed by atoms with van der Waals surface area (Å²) in [6, 6.07) is 28.9. The van der Waals surface area contributed by atoms with Crippen LogP contribution < -0.4 is 0 Å². The Kier molecular flexibility index (Phi) is 4.57. The third kappa shape index (κ3) is 3.01. The van der Waals surface area contributed by atoms with Gasteiger partial charge in [-0.05, 0) is 42.0 Å². The van der Waals surface area contributed by atoms with E-state index >= 15 is 0 Å². The van der Waals surface area contributed by atoms with E-state index in [1.54, 1.807) is 0 Å². The summed E-state index contributed by atoms with van der Waals surface area (Å²) in [4.78, 5) is 0. The van der Waals surface area contributed by atoms with E-state index in [2.05, 4.69) is 107 Å². The molecular formula is C24H26. The van der Waals surface area contributed by atoms with Gasteiger partial charge in [0.2, 0.25) is 0 Å². The highest BCUT2D eigenvalue weighted by Gasteiger charge is 2.30. The Bertz CT molecular complexity index is 780. The summed E-state index contributed by atoms with van der Waals surface area (Å²) in [5.74, 6) is 0.557. The molecule has 0 heteroatoms. The molecule has 0 aromatic heterocycles. The predicted octanol–water partition coefficient (Wildman–Crippen LogP) is 6.47. The second kappa shape index (κ2) is 6.65. The zero-order chi connectivity index (χ0) is 17.2. The van der Waals surface area contributed by atoms with Gasteiger partial charge in [0.05, 0.1) is 0 Å². The smallest absolute Gasteiger partial charge is 0.0423 e. The maximum atomic E-state index is 2.33. The van der Waals surface area contributed by atoms with Gasteiger partial charge < -0.3 is 0 Å². The summed E-state index contributed by atoms with van der Waals surface area (Å²) in [7, 11) is 0. The van der Waals surface area contributed by atoms with Crippen LogP contribution in [0.25, 0.3) is 0 Å². The first-order chi connectivity index (χ1) is 11.5. The molecule has 0 nitrogen and oxygen atoms in total. The van der Waals surface area contributed by atoms with Crippen molar-refractivity contribution in [3.8, 4) is 0 Å². The fourth-order valence-corrected chi connectivity index (χ4v) is 3.36. The molecule has 0 amide bonds. The normalized spacial score (nSPS) is 13.7. The summed E-state index contributed by atoms with van der Waals surface area (Å²) < 4.78 is 0. The second-order valence-corrected chi connectivity index (χ2v) is 7.13. The summed E-state index contributed by atoms with van der Waals surface area (Å²) in [5.41, 5.74) is 6.52. The van der Waals surface area contributed by atoms with Gasteiger partial charge in [-0.3, -0.25) is 0 Å². The van der Waals surface area contributed by atoms with Crippen molar-refractivity contribution in [1.29, 1.82) is 0 Å². The minimum absolute atomic E-state index is 0.148. The Balaban J connectivity index is 2.17. The Labute approximate surface area is 146 Å². The molecule has 3 aromatic carbocycles. The van der Waals surface area contributed by atoms with Gasteiger partial charge in [-0.15, -0.1) is 0 Å². The molecule has 0 aliphatic rings. The summed E-state index contributed by atoms with van der Waals surface area (Å²) >= 11 is 0. The van der Waals surface area contributed by atoms with Gasteiger partial charge in [0.1, 0.15) is 0 Å². The molecule has 1 unspecified atom stereocenters. The van der Waals surface area contributed by atoms with Crippen LogP contribution in [0, 0.1) is 6.92 Å². The first kappa shape index (κ1) is 16.5. The van der Waals surface area contributed by atoms with E-state index in [1.807, 2.05) is 0 Å². The molecule has 0 heterocycles. The van der Waals surface area contributed by atoms with Crippen LogP contribution in [-0.2, 0) is 5.41 Å². The lowest BCUT2D eigenvalue weighted by Gasteiger charge is -2.32. The zero-order valence-corrected chi connectivity index (χ0v) is 15.1. The van der Waals surface area contributed by atoms with Crippen molar-refractivity contribution in [1.82, 2.24) is 0 Å². The van der Waals surface area contributed by atoms with Crippen LogP contribution in [0.2, 0.25) is 0 Å². The standard InChI is InChI=1S/C24H26/c1-18(2)20-12-16-23(17-13-20)24(4,21-8-6-5-7-9-21)22-14-10-19(3)11-15-22/h5-18H,1-4H3. The molecule has 24 heavy (non-hydrogen) atoms. The van der Waals surface area contributed by atoms with E-state index in [0.29, 0.717) is 5.92 Å². The van der Waals surface area contributed by atoms with Crippen molar-refractivity contribution < 1.29 is 0 Å². The lowest BCUT2D eigenvalue weighted by atomic mass is 9.71. The lowest BCUT2D eigenvalue weighted by molar-refractivity contribution is 0.691. The highest BCUT2D eigenvalue weighted by atomic mass is 14.3. The summed E-state index contributed by atoms with van der Waals surface area (Å²) in [6.45, 7) is 8.95. The maximum Gasteiger partial charge on any atom is 0.0423 e. The predicted molar refractivity (Wildman–Crippen MR) is 104 cm³/mol. The van der Waals surface area contributed by atoms with Gasteiger partial charge in [-0.1, -0.05) is 98.3 Å². The van der Waals surface area contributed by atoms with E-state index in [1.165, 1.54) is 27.8 Å². The topological polar surface area (TPSA) is 0 Å². The van der Waals surface area contributed by atoms with E-state index in [0.717, 1.165) is 0 Å². The SMILES string of the molecule is Cc1ccc(C(C)(c2ccccc2)c2ccc(C(C)C)cc2)cc1. The third-order valence-corrected chi connectivity index (χ3v) is 5.13. The van der Waals surface area contributed by atoms with Crippen LogP contribution in [0.4, 0.5) is 0 Å². The number of benzene rings is 3. The fraction of sp³-hybridized carbons (Fsp3) is 0.250. The minimum Gasteiger partial charge on any atom is -0.0622 e. The van der Waals surface area contributed by atoms with Crippen LogP contribution >= 0.6 is 0 Å². The Morgan fingerprint density at radius 1 is 0.625 bits per heavy atom. The van der Waals surface area contributed by atoms with E-state index in [9.17, 15) is 0 Å². The number of rotatable bonds is 4. The Hall–Kier alpha value is -2.34. The zero-order valence-electron chi connectivity index (χ0n) is 15.1. The summed E-state index contributed by atoms with van der Waals surface area (Å²) in [6.07, 6.45) is 0. The monoisotopic (exact) mass is 314 g/mol. The van der Waals surface area contributed by atoms with Crippen molar-refractivity contribution >= 4 is 0 Å². The van der Waals surface area contributed by atoms with E-state index < -0.39 is 0 Å². The Morgan fingerprint density at radius 2 is 1.08 bits per heavy atom. The molecule has 3 aromatic rings. The average molecular weight is 314 g/mol. The molecule has 0 fully saturated rings. The molecule has 0 radical (unpaired) electrons. The summed E-state index contributed by atoms with van der Waals surface area (Å²) in [5, 5.41) is 0. The van der Waals surface area contributed by atoms with Gasteiger partial charge in [-0.2, -0.15) is 0 Å². The maximum absolute atomic E-state index is 2.33. The van der Waals surface area contributed by atoms with Crippen LogP contribution in [-0.4, -0.2) is 0 Å². The first-order valence-electron chi connectivity index (χ1n) is 8.75. The quantitative estimate of drug-likeness (QED) is 0.484. The molecule has 3 rings (SSSR count). The fourth-order valence-electron chi connectivity index (χ4n) is 3.36.